The molecule has 0 saturated carbocycles. The molecular formula is C10H15NOS. The second-order valence-electron chi connectivity index (χ2n) is 3.96. The molecule has 0 bridgehead atoms. The van der Waals surface area contributed by atoms with Crippen LogP contribution in [0.2, 0.25) is 0 Å². The van der Waals surface area contributed by atoms with Gasteiger partial charge in [0.2, 0.25) is 0 Å². The normalized spacial score (nSPS) is 11.6. The van der Waals surface area contributed by atoms with Gasteiger partial charge in [0, 0.05) is 6.20 Å². The van der Waals surface area contributed by atoms with E-state index in [2.05, 4.69) is 4.98 Å². The Balaban J connectivity index is 2.56. The van der Waals surface area contributed by atoms with Crippen LogP contribution in [0, 0.1) is 4.64 Å². The fraction of sp³-hybridized carbons (Fsp3) is 0.500. The van der Waals surface area contributed by atoms with E-state index in [0.717, 1.165) is 10.2 Å². The van der Waals surface area contributed by atoms with E-state index in [1.54, 1.807) is 0 Å². The van der Waals surface area contributed by atoms with Crippen molar-refractivity contribution in [3.63, 3.8) is 0 Å². The summed E-state index contributed by atoms with van der Waals surface area (Å²) in [6, 6.07) is 3.85. The number of pyridine rings is 1. The van der Waals surface area contributed by atoms with Gasteiger partial charge in [-0.3, -0.25) is 0 Å². The van der Waals surface area contributed by atoms with Crippen LogP contribution in [0.25, 0.3) is 0 Å². The second-order valence-corrected chi connectivity index (χ2v) is 4.40. The molecule has 0 spiro atoms. The lowest BCUT2D eigenvalue weighted by molar-refractivity contribution is -0.0150. The number of hydrogen-bond donors (Lipinski definition) is 1. The van der Waals surface area contributed by atoms with Crippen molar-refractivity contribution < 1.29 is 4.74 Å². The minimum Gasteiger partial charge on any atom is -0.371 e. The van der Waals surface area contributed by atoms with Gasteiger partial charge in [-0.05, 0) is 32.4 Å². The lowest BCUT2D eigenvalue weighted by Gasteiger charge is -2.19. The average Bonchev–Trinajstić information content (AvgIpc) is 2.02. The van der Waals surface area contributed by atoms with E-state index >= 15 is 0 Å². The predicted molar refractivity (Wildman–Crippen MR) is 56.2 cm³/mol. The summed E-state index contributed by atoms with van der Waals surface area (Å²) in [5.74, 6) is 0. The summed E-state index contributed by atoms with van der Waals surface area (Å²) in [6.07, 6.45) is 1.88. The predicted octanol–water partition coefficient (Wildman–Crippen LogP) is 3.06. The van der Waals surface area contributed by atoms with Gasteiger partial charge in [-0.15, -0.1) is 0 Å². The van der Waals surface area contributed by atoms with Crippen LogP contribution in [0.5, 0.6) is 0 Å². The van der Waals surface area contributed by atoms with Gasteiger partial charge in [0.05, 0.1) is 12.2 Å². The van der Waals surface area contributed by atoms with Gasteiger partial charge in [0.25, 0.3) is 0 Å². The summed E-state index contributed by atoms with van der Waals surface area (Å²) >= 11 is 4.93. The minimum atomic E-state index is -0.0906. The third kappa shape index (κ3) is 4.20. The number of ether oxygens (including phenoxy) is 1. The highest BCUT2D eigenvalue weighted by Gasteiger charge is 2.09. The minimum absolute atomic E-state index is 0.0906. The van der Waals surface area contributed by atoms with Crippen molar-refractivity contribution in [2.75, 3.05) is 0 Å². The SMILES string of the molecule is CC(C)(C)OCc1ccc(=S)[nH]c1. The third-order valence-corrected chi connectivity index (χ3v) is 1.77. The highest BCUT2D eigenvalue weighted by atomic mass is 32.1. The Hall–Kier alpha value is -0.670. The monoisotopic (exact) mass is 197 g/mol. The van der Waals surface area contributed by atoms with Crippen molar-refractivity contribution in [1.82, 2.24) is 4.98 Å². The smallest absolute Gasteiger partial charge is 0.103 e. The first-order valence-corrected chi connectivity index (χ1v) is 4.70. The zero-order chi connectivity index (χ0) is 9.90. The molecule has 0 aromatic carbocycles. The van der Waals surface area contributed by atoms with Crippen molar-refractivity contribution in [1.29, 1.82) is 0 Å². The lowest BCUT2D eigenvalue weighted by atomic mass is 10.2. The van der Waals surface area contributed by atoms with E-state index in [9.17, 15) is 0 Å². The van der Waals surface area contributed by atoms with E-state index in [-0.39, 0.29) is 5.60 Å². The van der Waals surface area contributed by atoms with Crippen LogP contribution in [0.1, 0.15) is 26.3 Å². The second kappa shape index (κ2) is 4.03. The molecule has 72 valence electrons. The first-order valence-electron chi connectivity index (χ1n) is 4.29. The first-order chi connectivity index (χ1) is 5.97. The Morgan fingerprint density at radius 3 is 2.54 bits per heavy atom. The molecule has 13 heavy (non-hydrogen) atoms. The molecule has 0 radical (unpaired) electrons. The highest BCUT2D eigenvalue weighted by Crippen LogP contribution is 2.10. The maximum absolute atomic E-state index is 5.60. The molecule has 0 fully saturated rings. The summed E-state index contributed by atoms with van der Waals surface area (Å²) in [7, 11) is 0. The Morgan fingerprint density at radius 1 is 1.38 bits per heavy atom. The number of H-pyrrole nitrogens is 1. The van der Waals surface area contributed by atoms with Crippen molar-refractivity contribution >= 4 is 12.2 Å². The van der Waals surface area contributed by atoms with E-state index in [0.29, 0.717) is 6.61 Å². The molecule has 0 unspecified atom stereocenters. The van der Waals surface area contributed by atoms with Crippen LogP contribution in [-0.4, -0.2) is 10.6 Å². The van der Waals surface area contributed by atoms with Crippen LogP contribution in [0.3, 0.4) is 0 Å². The number of aromatic nitrogens is 1. The zero-order valence-electron chi connectivity index (χ0n) is 8.26. The van der Waals surface area contributed by atoms with E-state index in [1.807, 2.05) is 39.1 Å². The Bertz CT molecular complexity index is 304. The molecule has 1 aromatic heterocycles. The van der Waals surface area contributed by atoms with Gasteiger partial charge in [-0.1, -0.05) is 18.3 Å². The molecule has 0 aliphatic carbocycles. The number of aromatic amines is 1. The molecule has 0 saturated heterocycles. The summed E-state index contributed by atoms with van der Waals surface area (Å²) in [4.78, 5) is 2.97. The molecule has 0 aliphatic heterocycles. The maximum atomic E-state index is 5.60. The van der Waals surface area contributed by atoms with E-state index in [1.165, 1.54) is 0 Å². The van der Waals surface area contributed by atoms with Crippen molar-refractivity contribution in [3.05, 3.63) is 28.5 Å². The molecule has 3 heteroatoms. The van der Waals surface area contributed by atoms with Crippen molar-refractivity contribution in [3.8, 4) is 0 Å². The number of hydrogen-bond acceptors (Lipinski definition) is 2. The van der Waals surface area contributed by atoms with Gasteiger partial charge in [0.1, 0.15) is 4.64 Å². The van der Waals surface area contributed by atoms with Crippen LogP contribution >= 0.6 is 12.2 Å². The van der Waals surface area contributed by atoms with Crippen LogP contribution in [0.4, 0.5) is 0 Å². The third-order valence-electron chi connectivity index (χ3n) is 1.52. The zero-order valence-corrected chi connectivity index (χ0v) is 9.07. The molecule has 0 amide bonds. The highest BCUT2D eigenvalue weighted by molar-refractivity contribution is 7.71. The maximum Gasteiger partial charge on any atom is 0.103 e. The Labute approximate surface area is 83.9 Å². The van der Waals surface area contributed by atoms with Crippen LogP contribution in [0.15, 0.2) is 18.3 Å². The molecule has 0 atom stereocenters. The van der Waals surface area contributed by atoms with Gasteiger partial charge in [0.15, 0.2) is 0 Å². The fourth-order valence-corrected chi connectivity index (χ4v) is 0.959. The first kappa shape index (κ1) is 10.4. The summed E-state index contributed by atoms with van der Waals surface area (Å²) < 4.78 is 6.35. The largest absolute Gasteiger partial charge is 0.371 e. The molecular weight excluding hydrogens is 182 g/mol. The number of nitrogens with one attached hydrogen (secondary N) is 1. The quantitative estimate of drug-likeness (QED) is 0.737. The summed E-state index contributed by atoms with van der Waals surface area (Å²) in [5, 5.41) is 0. The number of rotatable bonds is 2. The molecule has 1 aromatic rings. The molecule has 2 nitrogen and oxygen atoms in total. The van der Waals surface area contributed by atoms with E-state index < -0.39 is 0 Å². The van der Waals surface area contributed by atoms with Gasteiger partial charge in [-0.2, -0.15) is 0 Å². The van der Waals surface area contributed by atoms with Crippen molar-refractivity contribution in [2.45, 2.75) is 33.0 Å². The molecule has 1 rings (SSSR count). The summed E-state index contributed by atoms with van der Waals surface area (Å²) in [6.45, 7) is 6.74. The standard InChI is InChI=1S/C10H15NOS/c1-10(2,3)12-7-8-4-5-9(13)11-6-8/h4-6H,7H2,1-3H3,(H,11,13). The van der Waals surface area contributed by atoms with Gasteiger partial charge >= 0.3 is 0 Å². The fourth-order valence-electron chi connectivity index (χ4n) is 0.832. The van der Waals surface area contributed by atoms with Gasteiger partial charge in [-0.25, -0.2) is 0 Å². The van der Waals surface area contributed by atoms with Crippen LogP contribution in [-0.2, 0) is 11.3 Å². The lowest BCUT2D eigenvalue weighted by Crippen LogP contribution is -2.18. The topological polar surface area (TPSA) is 25.0 Å². The Morgan fingerprint density at radius 2 is 2.08 bits per heavy atom. The van der Waals surface area contributed by atoms with Crippen molar-refractivity contribution in [2.24, 2.45) is 0 Å². The molecule has 0 aliphatic rings. The average molecular weight is 197 g/mol. The molecule has 1 N–H and O–H groups in total. The summed E-state index contributed by atoms with van der Waals surface area (Å²) in [5.41, 5.74) is 1.02. The molecule has 1 heterocycles. The van der Waals surface area contributed by atoms with E-state index in [4.69, 9.17) is 17.0 Å². The van der Waals surface area contributed by atoms with Gasteiger partial charge < -0.3 is 9.72 Å². The Kier molecular flexibility index (Phi) is 3.22. The van der Waals surface area contributed by atoms with Crippen LogP contribution < -0.4 is 0 Å².